The van der Waals surface area contributed by atoms with Gasteiger partial charge in [0.1, 0.15) is 0 Å². The van der Waals surface area contributed by atoms with E-state index in [9.17, 15) is 0 Å². The first kappa shape index (κ1) is 9.78. The van der Waals surface area contributed by atoms with E-state index in [2.05, 4.69) is 42.9 Å². The summed E-state index contributed by atoms with van der Waals surface area (Å²) >= 11 is 0. The van der Waals surface area contributed by atoms with Crippen molar-refractivity contribution in [2.24, 2.45) is 0 Å². The van der Waals surface area contributed by atoms with Gasteiger partial charge in [0.05, 0.1) is 0 Å². The Balaban J connectivity index is 2.17. The number of rotatable bonds is 2. The van der Waals surface area contributed by atoms with Gasteiger partial charge in [-0.25, -0.2) is 0 Å². The Hall–Kier alpha value is -0.760. The standard InChI is InChI=1S/C12H20N2/c1-9-4-5-10(2)14(9)12-7-6-11(8-12)13-3/h4-5,11-13H,6-8H2,1-3H3. The third-order valence-corrected chi connectivity index (χ3v) is 3.50. The molecule has 1 saturated carbocycles. The highest BCUT2D eigenvalue weighted by Crippen LogP contribution is 2.32. The minimum atomic E-state index is 0.723. The van der Waals surface area contributed by atoms with Crippen LogP contribution in [0.25, 0.3) is 0 Å². The summed E-state index contributed by atoms with van der Waals surface area (Å²) in [6, 6.07) is 5.90. The van der Waals surface area contributed by atoms with Crippen molar-refractivity contribution in [3.05, 3.63) is 23.5 Å². The van der Waals surface area contributed by atoms with Crippen LogP contribution in [0, 0.1) is 13.8 Å². The van der Waals surface area contributed by atoms with Crippen molar-refractivity contribution in [2.45, 2.75) is 45.2 Å². The Bertz CT molecular complexity index is 295. The lowest BCUT2D eigenvalue weighted by molar-refractivity contribution is 0.478. The van der Waals surface area contributed by atoms with Crippen molar-refractivity contribution in [3.63, 3.8) is 0 Å². The van der Waals surface area contributed by atoms with Gasteiger partial charge in [-0.1, -0.05) is 0 Å². The topological polar surface area (TPSA) is 17.0 Å². The Morgan fingerprint density at radius 3 is 2.36 bits per heavy atom. The van der Waals surface area contributed by atoms with E-state index in [4.69, 9.17) is 0 Å². The molecule has 0 amide bonds. The summed E-state index contributed by atoms with van der Waals surface area (Å²) in [5.41, 5.74) is 2.81. The highest BCUT2D eigenvalue weighted by atomic mass is 15.0. The summed E-state index contributed by atoms with van der Waals surface area (Å²) in [6.07, 6.45) is 3.92. The molecule has 0 bridgehead atoms. The van der Waals surface area contributed by atoms with E-state index in [1.54, 1.807) is 0 Å². The summed E-state index contributed by atoms with van der Waals surface area (Å²) in [4.78, 5) is 0. The zero-order valence-corrected chi connectivity index (χ0v) is 9.38. The Labute approximate surface area is 86.3 Å². The second-order valence-electron chi connectivity index (χ2n) is 4.44. The van der Waals surface area contributed by atoms with Gasteiger partial charge >= 0.3 is 0 Å². The van der Waals surface area contributed by atoms with Crippen LogP contribution in [-0.4, -0.2) is 17.7 Å². The van der Waals surface area contributed by atoms with Crippen LogP contribution in [0.15, 0.2) is 12.1 Å². The van der Waals surface area contributed by atoms with Crippen LogP contribution >= 0.6 is 0 Å². The number of aromatic nitrogens is 1. The van der Waals surface area contributed by atoms with E-state index in [-0.39, 0.29) is 0 Å². The lowest BCUT2D eigenvalue weighted by Gasteiger charge is -2.17. The molecular formula is C12H20N2. The number of nitrogens with one attached hydrogen (secondary N) is 1. The third kappa shape index (κ3) is 1.59. The maximum atomic E-state index is 3.38. The van der Waals surface area contributed by atoms with Crippen LogP contribution in [0.5, 0.6) is 0 Å². The highest BCUT2D eigenvalue weighted by molar-refractivity contribution is 5.15. The molecule has 1 aromatic rings. The summed E-state index contributed by atoms with van der Waals surface area (Å²) in [5, 5.41) is 3.38. The molecular weight excluding hydrogens is 172 g/mol. The smallest absolute Gasteiger partial charge is 0.0351 e. The Kier molecular flexibility index (Phi) is 2.64. The SMILES string of the molecule is CNC1CCC(n2c(C)ccc2C)C1. The molecule has 2 rings (SSSR count). The van der Waals surface area contributed by atoms with Crippen molar-refractivity contribution in [2.75, 3.05) is 7.05 Å². The van der Waals surface area contributed by atoms with Crippen molar-refractivity contribution in [1.29, 1.82) is 0 Å². The monoisotopic (exact) mass is 192 g/mol. The fourth-order valence-electron chi connectivity index (χ4n) is 2.71. The summed E-state index contributed by atoms with van der Waals surface area (Å²) in [7, 11) is 2.07. The molecule has 0 aliphatic heterocycles. The number of nitrogens with zero attached hydrogens (tertiary/aromatic N) is 1. The third-order valence-electron chi connectivity index (χ3n) is 3.50. The minimum Gasteiger partial charge on any atom is -0.346 e. The maximum Gasteiger partial charge on any atom is 0.0351 e. The molecule has 0 radical (unpaired) electrons. The van der Waals surface area contributed by atoms with Crippen LogP contribution < -0.4 is 5.32 Å². The largest absolute Gasteiger partial charge is 0.346 e. The van der Waals surface area contributed by atoms with E-state index in [1.807, 2.05) is 0 Å². The molecule has 1 aliphatic rings. The molecule has 0 saturated heterocycles. The van der Waals surface area contributed by atoms with Crippen LogP contribution in [0.3, 0.4) is 0 Å². The van der Waals surface area contributed by atoms with Crippen LogP contribution in [0.4, 0.5) is 0 Å². The van der Waals surface area contributed by atoms with Crippen LogP contribution in [-0.2, 0) is 0 Å². The number of hydrogen-bond donors (Lipinski definition) is 1. The summed E-state index contributed by atoms with van der Waals surface area (Å²) < 4.78 is 2.50. The molecule has 1 heterocycles. The fraction of sp³-hybridized carbons (Fsp3) is 0.667. The second-order valence-corrected chi connectivity index (χ2v) is 4.44. The van der Waals surface area contributed by atoms with Gasteiger partial charge in [0.25, 0.3) is 0 Å². The minimum absolute atomic E-state index is 0.723. The second kappa shape index (κ2) is 3.77. The van der Waals surface area contributed by atoms with Crippen molar-refractivity contribution in [3.8, 4) is 0 Å². The predicted molar refractivity (Wildman–Crippen MR) is 59.6 cm³/mol. The van der Waals surface area contributed by atoms with Crippen molar-refractivity contribution >= 4 is 0 Å². The zero-order valence-electron chi connectivity index (χ0n) is 9.38. The molecule has 2 heteroatoms. The predicted octanol–water partition coefficient (Wildman–Crippen LogP) is 2.42. The number of hydrogen-bond acceptors (Lipinski definition) is 1. The van der Waals surface area contributed by atoms with Gasteiger partial charge in [0.2, 0.25) is 0 Å². The molecule has 1 fully saturated rings. The molecule has 1 aliphatic carbocycles. The van der Waals surface area contributed by atoms with Gasteiger partial charge in [-0.05, 0) is 52.3 Å². The maximum absolute atomic E-state index is 3.38. The van der Waals surface area contributed by atoms with Gasteiger partial charge in [-0.2, -0.15) is 0 Å². The molecule has 0 spiro atoms. The molecule has 14 heavy (non-hydrogen) atoms. The quantitative estimate of drug-likeness (QED) is 0.761. The van der Waals surface area contributed by atoms with Gasteiger partial charge < -0.3 is 9.88 Å². The molecule has 0 aromatic carbocycles. The summed E-state index contributed by atoms with van der Waals surface area (Å²) in [6.45, 7) is 4.42. The molecule has 2 atom stereocenters. The molecule has 1 aromatic heterocycles. The van der Waals surface area contributed by atoms with Crippen LogP contribution in [0.2, 0.25) is 0 Å². The van der Waals surface area contributed by atoms with E-state index in [0.717, 1.165) is 12.1 Å². The van der Waals surface area contributed by atoms with E-state index in [0.29, 0.717) is 0 Å². The molecule has 78 valence electrons. The average Bonchev–Trinajstić information content (AvgIpc) is 2.73. The zero-order chi connectivity index (χ0) is 10.1. The Morgan fingerprint density at radius 1 is 1.21 bits per heavy atom. The average molecular weight is 192 g/mol. The first-order valence-electron chi connectivity index (χ1n) is 5.54. The lowest BCUT2D eigenvalue weighted by Crippen LogP contribution is -2.22. The van der Waals surface area contributed by atoms with E-state index in [1.165, 1.54) is 30.7 Å². The number of aryl methyl sites for hydroxylation is 2. The van der Waals surface area contributed by atoms with Crippen molar-refractivity contribution < 1.29 is 0 Å². The van der Waals surface area contributed by atoms with Gasteiger partial charge in [-0.15, -0.1) is 0 Å². The lowest BCUT2D eigenvalue weighted by atomic mass is 10.2. The van der Waals surface area contributed by atoms with E-state index >= 15 is 0 Å². The fourth-order valence-corrected chi connectivity index (χ4v) is 2.71. The van der Waals surface area contributed by atoms with Crippen LogP contribution in [0.1, 0.15) is 36.7 Å². The first-order chi connectivity index (χ1) is 6.72. The normalized spacial score (nSPS) is 27.1. The molecule has 1 N–H and O–H groups in total. The summed E-state index contributed by atoms with van der Waals surface area (Å²) in [5.74, 6) is 0. The first-order valence-corrected chi connectivity index (χ1v) is 5.54. The van der Waals surface area contributed by atoms with Gasteiger partial charge in [-0.3, -0.25) is 0 Å². The highest BCUT2D eigenvalue weighted by Gasteiger charge is 2.25. The van der Waals surface area contributed by atoms with Crippen molar-refractivity contribution in [1.82, 2.24) is 9.88 Å². The van der Waals surface area contributed by atoms with E-state index < -0.39 is 0 Å². The molecule has 2 unspecified atom stereocenters. The van der Waals surface area contributed by atoms with Gasteiger partial charge in [0, 0.05) is 23.5 Å². The molecule has 2 nitrogen and oxygen atoms in total. The Morgan fingerprint density at radius 2 is 1.86 bits per heavy atom. The van der Waals surface area contributed by atoms with Gasteiger partial charge in [0.15, 0.2) is 0 Å².